The van der Waals surface area contributed by atoms with Crippen LogP contribution >= 0.6 is 0 Å². The van der Waals surface area contributed by atoms with Crippen LogP contribution in [0.25, 0.3) is 0 Å². The van der Waals surface area contributed by atoms with Crippen molar-refractivity contribution in [1.82, 2.24) is 9.97 Å². The van der Waals surface area contributed by atoms with Gasteiger partial charge in [0.15, 0.2) is 0 Å². The summed E-state index contributed by atoms with van der Waals surface area (Å²) in [6.45, 7) is 2.54. The molecule has 0 aliphatic rings. The van der Waals surface area contributed by atoms with Gasteiger partial charge in [0, 0.05) is 6.07 Å². The summed E-state index contributed by atoms with van der Waals surface area (Å²) in [4.78, 5) is 7.89. The third-order valence-electron chi connectivity index (χ3n) is 1.97. The highest BCUT2D eigenvalue weighted by Crippen LogP contribution is 2.23. The monoisotopic (exact) mass is 231 g/mol. The first-order chi connectivity index (χ1) is 8.28. The van der Waals surface area contributed by atoms with E-state index in [4.69, 9.17) is 15.2 Å². The molecule has 1 aromatic carbocycles. The number of hydrogen-bond acceptors (Lipinski definition) is 5. The molecule has 0 saturated heterocycles. The highest BCUT2D eigenvalue weighted by Gasteiger charge is 2.01. The molecular formula is C12H13N3O2. The molecule has 0 bridgehead atoms. The van der Waals surface area contributed by atoms with E-state index < -0.39 is 0 Å². The largest absolute Gasteiger partial charge is 0.494 e. The number of hydrogen-bond donors (Lipinski definition) is 1. The lowest BCUT2D eigenvalue weighted by Gasteiger charge is -2.07. The van der Waals surface area contributed by atoms with Gasteiger partial charge in [0.25, 0.3) is 0 Å². The van der Waals surface area contributed by atoms with Crippen LogP contribution in [0, 0.1) is 0 Å². The number of benzene rings is 1. The van der Waals surface area contributed by atoms with Crippen molar-refractivity contribution in [3.05, 3.63) is 36.7 Å². The Bertz CT molecular complexity index is 503. The van der Waals surface area contributed by atoms with E-state index in [2.05, 4.69) is 9.97 Å². The average Bonchev–Trinajstić information content (AvgIpc) is 2.30. The topological polar surface area (TPSA) is 70.3 Å². The molecule has 0 spiro atoms. The van der Waals surface area contributed by atoms with Crippen molar-refractivity contribution in [2.45, 2.75) is 6.92 Å². The van der Waals surface area contributed by atoms with Gasteiger partial charge >= 0.3 is 0 Å². The molecular weight excluding hydrogens is 218 g/mol. The Labute approximate surface area is 99.2 Å². The van der Waals surface area contributed by atoms with Gasteiger partial charge in [-0.05, 0) is 19.1 Å². The first-order valence-electron chi connectivity index (χ1n) is 5.26. The maximum absolute atomic E-state index is 5.51. The molecule has 1 heterocycles. The van der Waals surface area contributed by atoms with Crippen LogP contribution < -0.4 is 15.2 Å². The van der Waals surface area contributed by atoms with Gasteiger partial charge in [-0.2, -0.15) is 4.98 Å². The number of ether oxygens (including phenoxy) is 2. The Balaban J connectivity index is 2.15. The number of nitrogen functional groups attached to an aromatic ring is 1. The van der Waals surface area contributed by atoms with Crippen LogP contribution in [0.2, 0.25) is 0 Å². The lowest BCUT2D eigenvalue weighted by atomic mass is 10.3. The van der Waals surface area contributed by atoms with Gasteiger partial charge in [0.05, 0.1) is 19.0 Å². The second-order valence-corrected chi connectivity index (χ2v) is 3.29. The van der Waals surface area contributed by atoms with E-state index in [0.717, 1.165) is 5.75 Å². The van der Waals surface area contributed by atoms with Crippen molar-refractivity contribution in [3.63, 3.8) is 0 Å². The lowest BCUT2D eigenvalue weighted by Crippen LogP contribution is -1.95. The summed E-state index contributed by atoms with van der Waals surface area (Å²) in [7, 11) is 0. The molecule has 2 N–H and O–H groups in total. The van der Waals surface area contributed by atoms with E-state index in [1.807, 2.05) is 25.1 Å². The highest BCUT2D eigenvalue weighted by molar-refractivity contribution is 5.36. The number of nitrogens with zero attached hydrogens (tertiary/aromatic N) is 2. The molecule has 2 aromatic rings. The predicted molar refractivity (Wildman–Crippen MR) is 64.1 cm³/mol. The molecule has 0 unspecified atom stereocenters. The van der Waals surface area contributed by atoms with Crippen molar-refractivity contribution in [2.24, 2.45) is 0 Å². The number of rotatable bonds is 4. The summed E-state index contributed by atoms with van der Waals surface area (Å²) >= 11 is 0. The van der Waals surface area contributed by atoms with Gasteiger partial charge in [0.1, 0.15) is 17.3 Å². The van der Waals surface area contributed by atoms with Crippen LogP contribution in [0.15, 0.2) is 36.7 Å². The van der Waals surface area contributed by atoms with E-state index in [-0.39, 0.29) is 0 Å². The Hall–Kier alpha value is -2.30. The molecule has 0 atom stereocenters. The molecule has 0 aliphatic heterocycles. The summed E-state index contributed by atoms with van der Waals surface area (Å²) in [6.07, 6.45) is 2.97. The number of anilines is 1. The van der Waals surface area contributed by atoms with Gasteiger partial charge in [-0.25, -0.2) is 0 Å². The maximum atomic E-state index is 5.51. The fourth-order valence-electron chi connectivity index (χ4n) is 1.33. The van der Waals surface area contributed by atoms with Crippen molar-refractivity contribution < 1.29 is 9.47 Å². The van der Waals surface area contributed by atoms with E-state index >= 15 is 0 Å². The summed E-state index contributed by atoms with van der Waals surface area (Å²) < 4.78 is 10.9. The molecule has 0 radical (unpaired) electrons. The van der Waals surface area contributed by atoms with E-state index in [9.17, 15) is 0 Å². The van der Waals surface area contributed by atoms with Crippen LogP contribution in [-0.4, -0.2) is 16.6 Å². The first kappa shape index (κ1) is 11.2. The Morgan fingerprint density at radius 1 is 1.24 bits per heavy atom. The quantitative estimate of drug-likeness (QED) is 0.873. The van der Waals surface area contributed by atoms with Crippen LogP contribution in [0.4, 0.5) is 5.82 Å². The molecule has 0 fully saturated rings. The minimum Gasteiger partial charge on any atom is -0.494 e. The van der Waals surface area contributed by atoms with Gasteiger partial charge < -0.3 is 15.2 Å². The summed E-state index contributed by atoms with van der Waals surface area (Å²) in [5, 5.41) is 0. The van der Waals surface area contributed by atoms with Crippen LogP contribution in [0.1, 0.15) is 6.92 Å². The summed E-state index contributed by atoms with van der Waals surface area (Å²) in [5.74, 6) is 2.07. The van der Waals surface area contributed by atoms with Crippen molar-refractivity contribution >= 4 is 5.82 Å². The standard InChI is InChI=1S/C12H13N3O2/c1-2-16-9-4-3-5-10(6-9)17-12-8-14-7-11(13)15-12/h3-8H,2H2,1H3,(H2,13,15). The Kier molecular flexibility index (Phi) is 3.40. The van der Waals surface area contributed by atoms with E-state index in [1.165, 1.54) is 12.4 Å². The fourth-order valence-corrected chi connectivity index (χ4v) is 1.33. The normalized spacial score (nSPS) is 9.94. The molecule has 88 valence electrons. The van der Waals surface area contributed by atoms with Gasteiger partial charge in [-0.1, -0.05) is 6.07 Å². The fraction of sp³-hybridized carbons (Fsp3) is 0.167. The van der Waals surface area contributed by atoms with Gasteiger partial charge in [-0.15, -0.1) is 0 Å². The first-order valence-corrected chi connectivity index (χ1v) is 5.26. The SMILES string of the molecule is CCOc1cccc(Oc2cncc(N)n2)c1. The van der Waals surface area contributed by atoms with Crippen LogP contribution in [0.3, 0.4) is 0 Å². The second kappa shape index (κ2) is 5.16. The molecule has 1 aromatic heterocycles. The van der Waals surface area contributed by atoms with Crippen LogP contribution in [-0.2, 0) is 0 Å². The molecule has 5 nitrogen and oxygen atoms in total. The Morgan fingerprint density at radius 2 is 2.06 bits per heavy atom. The molecule has 2 rings (SSSR count). The average molecular weight is 231 g/mol. The minimum absolute atomic E-state index is 0.323. The lowest BCUT2D eigenvalue weighted by molar-refractivity contribution is 0.338. The van der Waals surface area contributed by atoms with Gasteiger partial charge in [0.2, 0.25) is 5.88 Å². The molecule has 5 heteroatoms. The molecule has 0 saturated carbocycles. The van der Waals surface area contributed by atoms with Gasteiger partial charge in [-0.3, -0.25) is 4.98 Å². The minimum atomic E-state index is 0.323. The van der Waals surface area contributed by atoms with E-state index in [1.54, 1.807) is 6.07 Å². The zero-order valence-corrected chi connectivity index (χ0v) is 9.46. The molecule has 0 amide bonds. The van der Waals surface area contributed by atoms with Crippen LogP contribution in [0.5, 0.6) is 17.4 Å². The maximum Gasteiger partial charge on any atom is 0.239 e. The predicted octanol–water partition coefficient (Wildman–Crippen LogP) is 2.25. The van der Waals surface area contributed by atoms with Crippen molar-refractivity contribution in [2.75, 3.05) is 12.3 Å². The van der Waals surface area contributed by atoms with Crippen molar-refractivity contribution in [3.8, 4) is 17.4 Å². The zero-order valence-electron chi connectivity index (χ0n) is 9.46. The summed E-state index contributed by atoms with van der Waals surface area (Å²) in [6, 6.07) is 7.31. The number of aromatic nitrogens is 2. The smallest absolute Gasteiger partial charge is 0.239 e. The highest BCUT2D eigenvalue weighted by atomic mass is 16.5. The second-order valence-electron chi connectivity index (χ2n) is 3.29. The zero-order chi connectivity index (χ0) is 12.1. The Morgan fingerprint density at radius 3 is 2.82 bits per heavy atom. The third-order valence-corrected chi connectivity index (χ3v) is 1.97. The van der Waals surface area contributed by atoms with E-state index in [0.29, 0.717) is 24.1 Å². The third kappa shape index (κ3) is 3.07. The van der Waals surface area contributed by atoms with Crippen molar-refractivity contribution in [1.29, 1.82) is 0 Å². The summed E-state index contributed by atoms with van der Waals surface area (Å²) in [5.41, 5.74) is 5.51. The molecule has 17 heavy (non-hydrogen) atoms. The molecule has 0 aliphatic carbocycles. The number of nitrogens with two attached hydrogens (primary N) is 1.